The van der Waals surface area contributed by atoms with Gasteiger partial charge in [0.1, 0.15) is 5.82 Å². The number of pyridine rings is 1. The SMILES string of the molecule is CC(C)COc1nc(N(C)CCN2CCCC2)ccc1N. The maximum atomic E-state index is 5.94. The van der Waals surface area contributed by atoms with Gasteiger partial charge in [-0.3, -0.25) is 0 Å². The predicted octanol–water partition coefficient (Wildman–Crippen LogP) is 2.23. The molecule has 1 aliphatic heterocycles. The summed E-state index contributed by atoms with van der Waals surface area (Å²) in [4.78, 5) is 9.22. The molecule has 1 aliphatic rings. The highest BCUT2D eigenvalue weighted by molar-refractivity contribution is 5.54. The van der Waals surface area contributed by atoms with Crippen molar-refractivity contribution in [2.24, 2.45) is 5.92 Å². The first kappa shape index (κ1) is 15.9. The van der Waals surface area contributed by atoms with Crippen LogP contribution in [0.5, 0.6) is 5.88 Å². The van der Waals surface area contributed by atoms with E-state index in [-0.39, 0.29) is 0 Å². The topological polar surface area (TPSA) is 54.6 Å². The second-order valence-corrected chi connectivity index (χ2v) is 6.24. The summed E-state index contributed by atoms with van der Waals surface area (Å²) in [6.07, 6.45) is 2.66. The molecule has 2 rings (SSSR count). The minimum atomic E-state index is 0.461. The Morgan fingerprint density at radius 1 is 1.33 bits per heavy atom. The second kappa shape index (κ2) is 7.50. The minimum Gasteiger partial charge on any atom is -0.476 e. The van der Waals surface area contributed by atoms with Crippen molar-refractivity contribution in [3.05, 3.63) is 12.1 Å². The first-order chi connectivity index (χ1) is 10.1. The summed E-state index contributed by atoms with van der Waals surface area (Å²) in [5.41, 5.74) is 6.54. The number of nitrogens with zero attached hydrogens (tertiary/aromatic N) is 3. The molecule has 0 unspecified atom stereocenters. The van der Waals surface area contributed by atoms with Gasteiger partial charge in [-0.15, -0.1) is 0 Å². The Morgan fingerprint density at radius 3 is 2.71 bits per heavy atom. The highest BCUT2D eigenvalue weighted by Crippen LogP contribution is 2.23. The zero-order chi connectivity index (χ0) is 15.2. The van der Waals surface area contributed by atoms with Crippen LogP contribution in [-0.2, 0) is 0 Å². The third-order valence-corrected chi connectivity index (χ3v) is 3.77. The van der Waals surface area contributed by atoms with Crippen molar-refractivity contribution in [1.29, 1.82) is 0 Å². The van der Waals surface area contributed by atoms with Crippen LogP contribution >= 0.6 is 0 Å². The number of likely N-dealkylation sites (tertiary alicyclic amines) is 1. The predicted molar refractivity (Wildman–Crippen MR) is 87.9 cm³/mol. The molecular weight excluding hydrogens is 264 g/mol. The second-order valence-electron chi connectivity index (χ2n) is 6.24. The number of ether oxygens (including phenoxy) is 1. The molecule has 0 bridgehead atoms. The molecule has 1 fully saturated rings. The van der Waals surface area contributed by atoms with E-state index in [9.17, 15) is 0 Å². The number of anilines is 2. The van der Waals surface area contributed by atoms with E-state index in [1.165, 1.54) is 25.9 Å². The molecule has 5 nitrogen and oxygen atoms in total. The average Bonchev–Trinajstić information content (AvgIpc) is 2.97. The highest BCUT2D eigenvalue weighted by Gasteiger charge is 2.13. The lowest BCUT2D eigenvalue weighted by atomic mass is 10.2. The molecule has 0 aromatic carbocycles. The van der Waals surface area contributed by atoms with Crippen LogP contribution in [-0.4, -0.2) is 49.7 Å². The van der Waals surface area contributed by atoms with E-state index in [4.69, 9.17) is 10.5 Å². The first-order valence-corrected chi connectivity index (χ1v) is 7.89. The van der Waals surface area contributed by atoms with E-state index in [0.29, 0.717) is 24.1 Å². The van der Waals surface area contributed by atoms with Crippen molar-refractivity contribution in [2.45, 2.75) is 26.7 Å². The average molecular weight is 292 g/mol. The molecule has 1 aromatic heterocycles. The van der Waals surface area contributed by atoms with Gasteiger partial charge in [0.25, 0.3) is 0 Å². The van der Waals surface area contributed by atoms with Crippen molar-refractivity contribution in [3.63, 3.8) is 0 Å². The van der Waals surface area contributed by atoms with E-state index < -0.39 is 0 Å². The Balaban J connectivity index is 1.92. The Bertz CT molecular complexity index is 444. The molecule has 1 aromatic rings. The Hall–Kier alpha value is -1.49. The van der Waals surface area contributed by atoms with Gasteiger partial charge in [-0.25, -0.2) is 0 Å². The van der Waals surface area contributed by atoms with E-state index in [2.05, 4.69) is 35.7 Å². The molecule has 1 saturated heterocycles. The standard InChI is InChI=1S/C16H28N4O/c1-13(2)12-21-16-14(17)6-7-15(18-16)19(3)10-11-20-8-4-5-9-20/h6-7,13H,4-5,8-12,17H2,1-3H3. The van der Waals surface area contributed by atoms with Crippen LogP contribution in [0.3, 0.4) is 0 Å². The van der Waals surface area contributed by atoms with Gasteiger partial charge in [0.05, 0.1) is 12.3 Å². The molecule has 0 radical (unpaired) electrons. The fourth-order valence-corrected chi connectivity index (χ4v) is 2.43. The van der Waals surface area contributed by atoms with E-state index in [1.54, 1.807) is 0 Å². The van der Waals surface area contributed by atoms with Crippen LogP contribution in [0, 0.1) is 5.92 Å². The van der Waals surface area contributed by atoms with Crippen LogP contribution < -0.4 is 15.4 Å². The number of nitrogens with two attached hydrogens (primary N) is 1. The number of likely N-dealkylation sites (N-methyl/N-ethyl adjacent to an activating group) is 1. The molecule has 2 heterocycles. The zero-order valence-corrected chi connectivity index (χ0v) is 13.5. The van der Waals surface area contributed by atoms with Crippen molar-refractivity contribution in [3.8, 4) is 5.88 Å². The monoisotopic (exact) mass is 292 g/mol. The Labute approximate surface area is 128 Å². The largest absolute Gasteiger partial charge is 0.476 e. The maximum Gasteiger partial charge on any atom is 0.239 e. The quantitative estimate of drug-likeness (QED) is 0.835. The summed E-state index contributed by atoms with van der Waals surface area (Å²) in [5.74, 6) is 1.93. The number of rotatable bonds is 7. The molecule has 0 spiro atoms. The van der Waals surface area contributed by atoms with Crippen LogP contribution in [0.2, 0.25) is 0 Å². The minimum absolute atomic E-state index is 0.461. The van der Waals surface area contributed by atoms with Gasteiger partial charge in [0, 0.05) is 20.1 Å². The summed E-state index contributed by atoms with van der Waals surface area (Å²) in [6.45, 7) is 9.38. The molecule has 21 heavy (non-hydrogen) atoms. The smallest absolute Gasteiger partial charge is 0.239 e. The fourth-order valence-electron chi connectivity index (χ4n) is 2.43. The van der Waals surface area contributed by atoms with Gasteiger partial charge in [-0.1, -0.05) is 13.8 Å². The lowest BCUT2D eigenvalue weighted by Gasteiger charge is -2.23. The van der Waals surface area contributed by atoms with Crippen molar-refractivity contribution in [1.82, 2.24) is 9.88 Å². The molecule has 0 amide bonds. The third-order valence-electron chi connectivity index (χ3n) is 3.77. The number of hydrogen-bond acceptors (Lipinski definition) is 5. The number of aromatic nitrogens is 1. The van der Waals surface area contributed by atoms with Crippen LogP contribution in [0.1, 0.15) is 26.7 Å². The summed E-state index contributed by atoms with van der Waals surface area (Å²) >= 11 is 0. The normalized spacial score (nSPS) is 15.6. The van der Waals surface area contributed by atoms with Crippen LogP contribution in [0.15, 0.2) is 12.1 Å². The molecular formula is C16H28N4O. The zero-order valence-electron chi connectivity index (χ0n) is 13.5. The van der Waals surface area contributed by atoms with E-state index >= 15 is 0 Å². The summed E-state index contributed by atoms with van der Waals surface area (Å²) in [7, 11) is 2.07. The summed E-state index contributed by atoms with van der Waals surface area (Å²) in [5, 5.41) is 0. The van der Waals surface area contributed by atoms with Crippen molar-refractivity contribution < 1.29 is 4.74 Å². The number of nitrogen functional groups attached to an aromatic ring is 1. The lowest BCUT2D eigenvalue weighted by molar-refractivity contribution is 0.263. The van der Waals surface area contributed by atoms with Crippen LogP contribution in [0.25, 0.3) is 0 Å². The van der Waals surface area contributed by atoms with Gasteiger partial charge >= 0.3 is 0 Å². The molecule has 5 heteroatoms. The number of hydrogen-bond donors (Lipinski definition) is 1. The molecule has 0 saturated carbocycles. The highest BCUT2D eigenvalue weighted by atomic mass is 16.5. The summed E-state index contributed by atoms with van der Waals surface area (Å²) in [6, 6.07) is 3.84. The van der Waals surface area contributed by atoms with E-state index in [0.717, 1.165) is 18.9 Å². The molecule has 2 N–H and O–H groups in total. The van der Waals surface area contributed by atoms with Gasteiger partial charge in [0.15, 0.2) is 0 Å². The van der Waals surface area contributed by atoms with E-state index in [1.807, 2.05) is 12.1 Å². The van der Waals surface area contributed by atoms with Gasteiger partial charge in [-0.05, 0) is 44.0 Å². The molecule has 118 valence electrons. The first-order valence-electron chi connectivity index (χ1n) is 7.89. The van der Waals surface area contributed by atoms with Gasteiger partial charge in [0.2, 0.25) is 5.88 Å². The maximum absolute atomic E-state index is 5.94. The Kier molecular flexibility index (Phi) is 5.67. The molecule has 0 atom stereocenters. The van der Waals surface area contributed by atoms with Crippen molar-refractivity contribution in [2.75, 3.05) is 50.5 Å². The molecule has 0 aliphatic carbocycles. The lowest BCUT2D eigenvalue weighted by Crippen LogP contribution is -2.31. The van der Waals surface area contributed by atoms with Crippen LogP contribution in [0.4, 0.5) is 11.5 Å². The van der Waals surface area contributed by atoms with Crippen molar-refractivity contribution >= 4 is 11.5 Å². The van der Waals surface area contributed by atoms with Gasteiger partial charge < -0.3 is 20.3 Å². The third kappa shape index (κ3) is 4.77. The fraction of sp³-hybridized carbons (Fsp3) is 0.688. The summed E-state index contributed by atoms with van der Waals surface area (Å²) < 4.78 is 5.69. The van der Waals surface area contributed by atoms with Gasteiger partial charge in [-0.2, -0.15) is 4.98 Å². The Morgan fingerprint density at radius 2 is 2.05 bits per heavy atom.